The minimum Gasteiger partial charge on any atom is -0.452 e. The Hall–Kier alpha value is -2.41. The molecular formula is C16H17NO5S. The number of aryl methyl sites for hydroxylation is 2. The van der Waals surface area contributed by atoms with Crippen LogP contribution in [0.3, 0.4) is 0 Å². The van der Waals surface area contributed by atoms with Crippen LogP contribution in [0.25, 0.3) is 0 Å². The number of carbonyl (C=O) groups is 2. The summed E-state index contributed by atoms with van der Waals surface area (Å²) in [5.41, 5.74) is 0.0962. The van der Waals surface area contributed by atoms with Gasteiger partial charge in [-0.3, -0.25) is 4.79 Å². The molecule has 0 aromatic carbocycles. The summed E-state index contributed by atoms with van der Waals surface area (Å²) in [5.74, 6) is -0.915. The highest BCUT2D eigenvalue weighted by Gasteiger charge is 2.18. The van der Waals surface area contributed by atoms with Gasteiger partial charge in [0.25, 0.3) is 5.91 Å². The first-order valence-corrected chi connectivity index (χ1v) is 7.87. The third-order valence-electron chi connectivity index (χ3n) is 3.22. The van der Waals surface area contributed by atoms with E-state index in [0.717, 1.165) is 4.88 Å². The fourth-order valence-corrected chi connectivity index (χ4v) is 2.89. The molecule has 2 aromatic heterocycles. The van der Waals surface area contributed by atoms with E-state index in [1.165, 1.54) is 24.3 Å². The van der Waals surface area contributed by atoms with Gasteiger partial charge in [0, 0.05) is 10.9 Å². The van der Waals surface area contributed by atoms with Gasteiger partial charge in [0.05, 0.1) is 6.04 Å². The van der Waals surface area contributed by atoms with Crippen molar-refractivity contribution in [3.63, 3.8) is 0 Å². The Bertz CT molecular complexity index is 737. The van der Waals surface area contributed by atoms with E-state index in [-0.39, 0.29) is 17.4 Å². The van der Waals surface area contributed by atoms with E-state index in [4.69, 9.17) is 9.15 Å². The normalized spacial score (nSPS) is 11.8. The summed E-state index contributed by atoms with van der Waals surface area (Å²) in [6, 6.07) is 4.87. The molecule has 0 aliphatic rings. The van der Waals surface area contributed by atoms with Gasteiger partial charge in [-0.25, -0.2) is 9.59 Å². The highest BCUT2D eigenvalue weighted by Crippen LogP contribution is 2.18. The summed E-state index contributed by atoms with van der Waals surface area (Å²) >= 11 is 1.54. The van der Waals surface area contributed by atoms with E-state index in [1.807, 2.05) is 24.4 Å². The molecule has 122 valence electrons. The molecule has 0 saturated carbocycles. The van der Waals surface area contributed by atoms with Gasteiger partial charge in [0.2, 0.25) is 0 Å². The van der Waals surface area contributed by atoms with E-state index in [1.54, 1.807) is 6.92 Å². The smallest absolute Gasteiger partial charge is 0.342 e. The summed E-state index contributed by atoms with van der Waals surface area (Å²) in [6.07, 6.45) is 0. The lowest BCUT2D eigenvalue weighted by Gasteiger charge is -2.13. The van der Waals surface area contributed by atoms with Crippen LogP contribution in [0.15, 0.2) is 32.8 Å². The van der Waals surface area contributed by atoms with Crippen LogP contribution >= 0.6 is 11.3 Å². The highest BCUT2D eigenvalue weighted by atomic mass is 32.1. The molecule has 2 heterocycles. The van der Waals surface area contributed by atoms with Crippen molar-refractivity contribution in [2.75, 3.05) is 6.61 Å². The molecule has 0 saturated heterocycles. The number of ether oxygens (including phenoxy) is 1. The number of thiophene rings is 1. The predicted octanol–water partition coefficient (Wildman–Crippen LogP) is 2.35. The van der Waals surface area contributed by atoms with Crippen molar-refractivity contribution in [2.45, 2.75) is 26.8 Å². The zero-order chi connectivity index (χ0) is 17.0. The third-order valence-corrected chi connectivity index (χ3v) is 4.28. The van der Waals surface area contributed by atoms with Gasteiger partial charge in [0.15, 0.2) is 6.61 Å². The zero-order valence-electron chi connectivity index (χ0n) is 13.0. The molecule has 0 radical (unpaired) electrons. The minimum atomic E-state index is -0.692. The molecule has 0 unspecified atom stereocenters. The molecule has 1 amide bonds. The number of amides is 1. The fourth-order valence-electron chi connectivity index (χ4n) is 2.16. The first kappa shape index (κ1) is 17.0. The Balaban J connectivity index is 1.94. The maximum atomic E-state index is 12.1. The van der Waals surface area contributed by atoms with Gasteiger partial charge in [-0.15, -0.1) is 11.3 Å². The van der Waals surface area contributed by atoms with Gasteiger partial charge in [-0.05, 0) is 37.8 Å². The van der Waals surface area contributed by atoms with Crippen LogP contribution in [0, 0.1) is 13.8 Å². The number of rotatable bonds is 5. The van der Waals surface area contributed by atoms with Gasteiger partial charge < -0.3 is 14.5 Å². The fraction of sp³-hybridized carbons (Fsp3) is 0.312. The Morgan fingerprint density at radius 1 is 1.39 bits per heavy atom. The van der Waals surface area contributed by atoms with Crippen molar-refractivity contribution in [3.05, 3.63) is 55.8 Å². The molecule has 7 heteroatoms. The van der Waals surface area contributed by atoms with Crippen LogP contribution in [-0.4, -0.2) is 18.5 Å². The van der Waals surface area contributed by atoms with E-state index in [9.17, 15) is 14.4 Å². The topological polar surface area (TPSA) is 85.6 Å². The maximum Gasteiger partial charge on any atom is 0.342 e. The molecule has 0 fully saturated rings. The van der Waals surface area contributed by atoms with Crippen LogP contribution in [0.5, 0.6) is 0 Å². The van der Waals surface area contributed by atoms with Gasteiger partial charge in [0.1, 0.15) is 11.3 Å². The monoisotopic (exact) mass is 335 g/mol. The largest absolute Gasteiger partial charge is 0.452 e. The van der Waals surface area contributed by atoms with E-state index >= 15 is 0 Å². The molecule has 23 heavy (non-hydrogen) atoms. The molecule has 0 spiro atoms. The molecule has 2 rings (SSSR count). The molecular weight excluding hydrogens is 318 g/mol. The number of hydrogen-bond acceptors (Lipinski definition) is 6. The van der Waals surface area contributed by atoms with Crippen molar-refractivity contribution in [1.29, 1.82) is 0 Å². The van der Waals surface area contributed by atoms with E-state index in [0.29, 0.717) is 5.56 Å². The SMILES string of the molecule is Cc1cc(=O)oc(C)c1C(=O)OCC(=O)N[C@H](C)c1cccs1. The van der Waals surface area contributed by atoms with Crippen LogP contribution in [0.2, 0.25) is 0 Å². The summed E-state index contributed by atoms with van der Waals surface area (Å²) in [4.78, 5) is 36.1. The molecule has 0 aliphatic carbocycles. The molecule has 0 bridgehead atoms. The molecule has 1 N–H and O–H groups in total. The number of esters is 1. The quantitative estimate of drug-likeness (QED) is 0.848. The summed E-state index contributed by atoms with van der Waals surface area (Å²) in [7, 11) is 0. The van der Waals surface area contributed by atoms with Crippen LogP contribution < -0.4 is 10.9 Å². The molecule has 1 atom stereocenters. The van der Waals surface area contributed by atoms with Crippen LogP contribution in [0.4, 0.5) is 0 Å². The maximum absolute atomic E-state index is 12.1. The third kappa shape index (κ3) is 4.29. The second-order valence-electron chi connectivity index (χ2n) is 5.06. The van der Waals surface area contributed by atoms with Gasteiger partial charge in [-0.2, -0.15) is 0 Å². The van der Waals surface area contributed by atoms with Gasteiger partial charge in [-0.1, -0.05) is 6.07 Å². The lowest BCUT2D eigenvalue weighted by atomic mass is 10.1. The lowest BCUT2D eigenvalue weighted by Crippen LogP contribution is -2.31. The second-order valence-corrected chi connectivity index (χ2v) is 6.04. The average molecular weight is 335 g/mol. The van der Waals surface area contributed by atoms with Crippen LogP contribution in [-0.2, 0) is 9.53 Å². The molecule has 0 aliphatic heterocycles. The molecule has 6 nitrogen and oxygen atoms in total. The first-order chi connectivity index (χ1) is 10.9. The highest BCUT2D eigenvalue weighted by molar-refractivity contribution is 7.10. The average Bonchev–Trinajstić information content (AvgIpc) is 2.98. The van der Waals surface area contributed by atoms with E-state index < -0.39 is 24.1 Å². The molecule has 2 aromatic rings. The zero-order valence-corrected chi connectivity index (χ0v) is 13.9. The Labute approximate surface area is 137 Å². The minimum absolute atomic E-state index is 0.153. The van der Waals surface area contributed by atoms with Crippen molar-refractivity contribution in [3.8, 4) is 0 Å². The Morgan fingerprint density at radius 3 is 2.74 bits per heavy atom. The lowest BCUT2D eigenvalue weighted by molar-refractivity contribution is -0.124. The number of hydrogen-bond donors (Lipinski definition) is 1. The van der Waals surface area contributed by atoms with Crippen molar-refractivity contribution < 1.29 is 18.7 Å². The number of carbonyl (C=O) groups excluding carboxylic acids is 2. The summed E-state index contributed by atoms with van der Waals surface area (Å²) in [5, 5.41) is 4.67. The van der Waals surface area contributed by atoms with Crippen molar-refractivity contribution in [2.24, 2.45) is 0 Å². The second kappa shape index (κ2) is 7.23. The first-order valence-electron chi connectivity index (χ1n) is 6.99. The van der Waals surface area contributed by atoms with Crippen LogP contribution in [0.1, 0.15) is 39.5 Å². The Kier molecular flexibility index (Phi) is 5.33. The predicted molar refractivity (Wildman–Crippen MR) is 85.6 cm³/mol. The summed E-state index contributed by atoms with van der Waals surface area (Å²) < 4.78 is 9.88. The number of nitrogens with one attached hydrogen (secondary N) is 1. The summed E-state index contributed by atoms with van der Waals surface area (Å²) in [6.45, 7) is 4.57. The van der Waals surface area contributed by atoms with Crippen molar-refractivity contribution in [1.82, 2.24) is 5.32 Å². The van der Waals surface area contributed by atoms with E-state index in [2.05, 4.69) is 5.32 Å². The standard InChI is InChI=1S/C16H17NO5S/c1-9-7-14(19)22-11(3)15(9)16(20)21-8-13(18)17-10(2)12-5-4-6-23-12/h4-7,10H,8H2,1-3H3,(H,17,18)/t10-/m1/s1. The Morgan fingerprint density at radius 2 is 2.13 bits per heavy atom. The van der Waals surface area contributed by atoms with Crippen molar-refractivity contribution >= 4 is 23.2 Å². The van der Waals surface area contributed by atoms with Gasteiger partial charge >= 0.3 is 11.6 Å².